The van der Waals surface area contributed by atoms with Crippen LogP contribution in [0.4, 0.5) is 5.69 Å². The molecule has 15 heavy (non-hydrogen) atoms. The molecule has 1 saturated heterocycles. The number of hydrogen-bond donors (Lipinski definition) is 1. The number of fused-ring (bicyclic) bond motifs is 1. The minimum atomic E-state index is 0.0312. The quantitative estimate of drug-likeness (QED) is 0.748. The summed E-state index contributed by atoms with van der Waals surface area (Å²) in [6, 6.07) is 5.71. The Morgan fingerprint density at radius 3 is 3.20 bits per heavy atom. The van der Waals surface area contributed by atoms with Gasteiger partial charge < -0.3 is 14.8 Å². The van der Waals surface area contributed by atoms with Gasteiger partial charge in [0.05, 0.1) is 18.7 Å². The van der Waals surface area contributed by atoms with Crippen LogP contribution in [0.15, 0.2) is 18.2 Å². The van der Waals surface area contributed by atoms with Crippen molar-refractivity contribution in [2.75, 3.05) is 18.5 Å². The van der Waals surface area contributed by atoms with Crippen LogP contribution in [0.2, 0.25) is 0 Å². The molecule has 3 rings (SSSR count). The molecule has 0 aliphatic carbocycles. The Morgan fingerprint density at radius 2 is 2.40 bits per heavy atom. The molecule has 0 aromatic heterocycles. The van der Waals surface area contributed by atoms with E-state index in [4.69, 9.17) is 9.47 Å². The van der Waals surface area contributed by atoms with Gasteiger partial charge in [0.25, 0.3) is 0 Å². The lowest BCUT2D eigenvalue weighted by Gasteiger charge is -2.08. The number of amides is 1. The molecule has 1 atom stereocenters. The van der Waals surface area contributed by atoms with Crippen molar-refractivity contribution in [1.82, 2.24) is 0 Å². The molecule has 1 unspecified atom stereocenters. The van der Waals surface area contributed by atoms with E-state index in [1.165, 1.54) is 0 Å². The van der Waals surface area contributed by atoms with Crippen molar-refractivity contribution in [1.29, 1.82) is 0 Å². The second-order valence-corrected chi connectivity index (χ2v) is 3.78. The van der Waals surface area contributed by atoms with Gasteiger partial charge in [-0.25, -0.2) is 0 Å². The third kappa shape index (κ3) is 1.68. The Kier molecular flexibility index (Phi) is 1.89. The Balaban J connectivity index is 1.81. The molecule has 2 heterocycles. The van der Waals surface area contributed by atoms with Gasteiger partial charge in [-0.2, -0.15) is 0 Å². The summed E-state index contributed by atoms with van der Waals surface area (Å²) in [5.74, 6) is 0.776. The maximum atomic E-state index is 11.2. The number of ether oxygens (including phenoxy) is 2. The first kappa shape index (κ1) is 8.73. The highest BCUT2D eigenvalue weighted by Crippen LogP contribution is 2.33. The number of rotatable bonds is 3. The van der Waals surface area contributed by atoms with E-state index >= 15 is 0 Å². The molecule has 1 N–H and O–H groups in total. The first-order valence-corrected chi connectivity index (χ1v) is 4.99. The summed E-state index contributed by atoms with van der Waals surface area (Å²) in [6.07, 6.45) is 0.685. The van der Waals surface area contributed by atoms with Crippen LogP contribution in [0.1, 0.15) is 5.56 Å². The largest absolute Gasteiger partial charge is 0.489 e. The highest BCUT2D eigenvalue weighted by Gasteiger charge is 2.25. The van der Waals surface area contributed by atoms with Crippen LogP contribution in [-0.4, -0.2) is 25.2 Å². The molecule has 1 aromatic rings. The molecule has 0 spiro atoms. The second kappa shape index (κ2) is 3.24. The van der Waals surface area contributed by atoms with Gasteiger partial charge in [-0.1, -0.05) is 12.1 Å². The summed E-state index contributed by atoms with van der Waals surface area (Å²) < 4.78 is 10.6. The van der Waals surface area contributed by atoms with Crippen molar-refractivity contribution < 1.29 is 14.3 Å². The number of nitrogens with one attached hydrogen (secondary N) is 1. The number of para-hydroxylation sites is 1. The van der Waals surface area contributed by atoms with Crippen molar-refractivity contribution >= 4 is 11.6 Å². The summed E-state index contributed by atoms with van der Waals surface area (Å²) in [5, 5.41) is 2.81. The van der Waals surface area contributed by atoms with E-state index < -0.39 is 0 Å². The van der Waals surface area contributed by atoms with Crippen LogP contribution in [0, 0.1) is 0 Å². The van der Waals surface area contributed by atoms with Crippen molar-refractivity contribution in [2.24, 2.45) is 0 Å². The summed E-state index contributed by atoms with van der Waals surface area (Å²) in [5.41, 5.74) is 1.83. The molecule has 1 amide bonds. The topological polar surface area (TPSA) is 50.9 Å². The van der Waals surface area contributed by atoms with Crippen LogP contribution < -0.4 is 10.1 Å². The molecular formula is C11H11NO3. The minimum absolute atomic E-state index is 0.0312. The van der Waals surface area contributed by atoms with E-state index in [0.717, 1.165) is 23.6 Å². The fourth-order valence-corrected chi connectivity index (χ4v) is 1.69. The molecule has 1 aromatic carbocycles. The Bertz CT molecular complexity index is 412. The molecule has 2 aliphatic heterocycles. The minimum Gasteiger partial charge on any atom is -0.489 e. The molecule has 0 radical (unpaired) electrons. The van der Waals surface area contributed by atoms with Crippen LogP contribution in [0.25, 0.3) is 0 Å². The van der Waals surface area contributed by atoms with Gasteiger partial charge >= 0.3 is 0 Å². The number of benzene rings is 1. The second-order valence-electron chi connectivity index (χ2n) is 3.78. The summed E-state index contributed by atoms with van der Waals surface area (Å²) in [7, 11) is 0. The third-order valence-corrected chi connectivity index (χ3v) is 2.56. The third-order valence-electron chi connectivity index (χ3n) is 2.56. The van der Waals surface area contributed by atoms with Crippen LogP contribution >= 0.6 is 0 Å². The molecule has 0 bridgehead atoms. The van der Waals surface area contributed by atoms with Crippen LogP contribution in [0.5, 0.6) is 5.75 Å². The molecule has 78 valence electrons. The standard InChI is InChI=1S/C11H11NO3/c13-10-4-7-2-1-3-9(11(7)12-10)15-6-8-5-14-8/h1-3,8H,4-6H2,(H,12,13). The fourth-order valence-electron chi connectivity index (χ4n) is 1.69. The smallest absolute Gasteiger partial charge is 0.228 e. The van der Waals surface area contributed by atoms with Crippen LogP contribution in [-0.2, 0) is 16.0 Å². The molecule has 0 saturated carbocycles. The molecule has 4 nitrogen and oxygen atoms in total. The summed E-state index contributed by atoms with van der Waals surface area (Å²) in [6.45, 7) is 1.34. The van der Waals surface area contributed by atoms with Crippen molar-refractivity contribution in [3.63, 3.8) is 0 Å². The highest BCUT2D eigenvalue weighted by atomic mass is 16.6. The van der Waals surface area contributed by atoms with Gasteiger partial charge in [0.2, 0.25) is 5.91 Å². The van der Waals surface area contributed by atoms with E-state index in [2.05, 4.69) is 5.32 Å². The number of carbonyl (C=O) groups is 1. The molecule has 4 heteroatoms. The fraction of sp³-hybridized carbons (Fsp3) is 0.364. The van der Waals surface area contributed by atoms with Crippen molar-refractivity contribution in [3.8, 4) is 5.75 Å². The molecule has 2 aliphatic rings. The predicted molar refractivity (Wildman–Crippen MR) is 54.0 cm³/mol. The number of hydrogen-bond acceptors (Lipinski definition) is 3. The van der Waals surface area contributed by atoms with Crippen molar-refractivity contribution in [2.45, 2.75) is 12.5 Å². The summed E-state index contributed by atoms with van der Waals surface area (Å²) in [4.78, 5) is 11.2. The lowest BCUT2D eigenvalue weighted by atomic mass is 10.1. The van der Waals surface area contributed by atoms with E-state index in [9.17, 15) is 4.79 Å². The molecule has 1 fully saturated rings. The van der Waals surface area contributed by atoms with Gasteiger partial charge in [-0.15, -0.1) is 0 Å². The maximum Gasteiger partial charge on any atom is 0.228 e. The monoisotopic (exact) mass is 205 g/mol. The van der Waals surface area contributed by atoms with E-state index in [0.29, 0.717) is 13.0 Å². The van der Waals surface area contributed by atoms with Gasteiger partial charge in [0.15, 0.2) is 0 Å². The van der Waals surface area contributed by atoms with Gasteiger partial charge in [0.1, 0.15) is 18.5 Å². The van der Waals surface area contributed by atoms with Gasteiger partial charge in [0, 0.05) is 0 Å². The molecular weight excluding hydrogens is 194 g/mol. The lowest BCUT2D eigenvalue weighted by Crippen LogP contribution is -2.07. The Labute approximate surface area is 87.2 Å². The SMILES string of the molecule is O=C1Cc2cccc(OCC3CO3)c2N1. The Morgan fingerprint density at radius 1 is 1.53 bits per heavy atom. The predicted octanol–water partition coefficient (Wildman–Crippen LogP) is 0.959. The number of epoxide rings is 1. The average Bonchev–Trinajstić information content (AvgIpc) is 2.96. The number of anilines is 1. The lowest BCUT2D eigenvalue weighted by molar-refractivity contribution is -0.115. The number of carbonyl (C=O) groups excluding carboxylic acids is 1. The zero-order chi connectivity index (χ0) is 10.3. The zero-order valence-corrected chi connectivity index (χ0v) is 8.16. The zero-order valence-electron chi connectivity index (χ0n) is 8.16. The Hall–Kier alpha value is -1.55. The normalized spacial score (nSPS) is 22.1. The average molecular weight is 205 g/mol. The van der Waals surface area contributed by atoms with E-state index in [1.54, 1.807) is 0 Å². The van der Waals surface area contributed by atoms with E-state index in [1.807, 2.05) is 18.2 Å². The summed E-state index contributed by atoms with van der Waals surface area (Å²) >= 11 is 0. The van der Waals surface area contributed by atoms with Gasteiger partial charge in [-0.05, 0) is 11.6 Å². The first-order valence-electron chi connectivity index (χ1n) is 4.99. The van der Waals surface area contributed by atoms with E-state index in [-0.39, 0.29) is 12.0 Å². The van der Waals surface area contributed by atoms with Gasteiger partial charge in [-0.3, -0.25) is 4.79 Å². The first-order chi connectivity index (χ1) is 7.33. The van der Waals surface area contributed by atoms with Crippen molar-refractivity contribution in [3.05, 3.63) is 23.8 Å². The van der Waals surface area contributed by atoms with Crippen LogP contribution in [0.3, 0.4) is 0 Å². The maximum absolute atomic E-state index is 11.2. The highest BCUT2D eigenvalue weighted by molar-refractivity contribution is 6.00.